The van der Waals surface area contributed by atoms with Crippen LogP contribution in [0.4, 0.5) is 0 Å². The molecule has 0 aliphatic heterocycles. The van der Waals surface area contributed by atoms with Crippen molar-refractivity contribution in [3.8, 4) is 17.2 Å². The number of hydrogen-bond donors (Lipinski definition) is 1. The Morgan fingerprint density at radius 2 is 1.50 bits per heavy atom. The van der Waals surface area contributed by atoms with E-state index in [2.05, 4.69) is 19.2 Å². The molecule has 0 heterocycles. The summed E-state index contributed by atoms with van der Waals surface area (Å²) in [5.41, 5.74) is 1.10. The molecule has 1 rings (SSSR count). The van der Waals surface area contributed by atoms with Crippen molar-refractivity contribution in [3.63, 3.8) is 0 Å². The van der Waals surface area contributed by atoms with E-state index in [1.807, 2.05) is 12.1 Å². The van der Waals surface area contributed by atoms with Crippen molar-refractivity contribution in [2.45, 2.75) is 26.4 Å². The summed E-state index contributed by atoms with van der Waals surface area (Å²) >= 11 is 0. The highest BCUT2D eigenvalue weighted by atomic mass is 35.5. The van der Waals surface area contributed by atoms with Gasteiger partial charge in [0.05, 0.1) is 21.3 Å². The summed E-state index contributed by atoms with van der Waals surface area (Å²) in [5, 5.41) is 3.35. The van der Waals surface area contributed by atoms with E-state index >= 15 is 0 Å². The molecule has 0 unspecified atom stereocenters. The van der Waals surface area contributed by atoms with E-state index in [9.17, 15) is 0 Å². The van der Waals surface area contributed by atoms with E-state index in [1.54, 1.807) is 21.3 Å². The molecule has 0 aliphatic carbocycles. The molecule has 1 N–H and O–H groups in total. The zero-order valence-electron chi connectivity index (χ0n) is 11.6. The molecule has 5 heteroatoms. The standard InChI is InChI=1S/C13H21NO3.ClH/c1-9(2)14-8-10-6-11(15-3)13(17-5)12(7-10)16-4;/h6-7,9,14H,8H2,1-5H3;1H. The van der Waals surface area contributed by atoms with Crippen molar-refractivity contribution < 1.29 is 14.2 Å². The first-order valence-electron chi connectivity index (χ1n) is 5.64. The molecule has 0 aromatic heterocycles. The average molecular weight is 276 g/mol. The van der Waals surface area contributed by atoms with E-state index in [1.165, 1.54) is 0 Å². The Morgan fingerprint density at radius 1 is 1.00 bits per heavy atom. The SMILES string of the molecule is COc1cc(CNC(C)C)cc(OC)c1OC.Cl. The molecular formula is C13H22ClNO3. The fourth-order valence-electron chi connectivity index (χ4n) is 1.56. The second kappa shape index (κ2) is 8.06. The molecule has 1 aromatic carbocycles. The first-order chi connectivity index (χ1) is 8.12. The van der Waals surface area contributed by atoms with Gasteiger partial charge in [0, 0.05) is 12.6 Å². The highest BCUT2D eigenvalue weighted by Gasteiger charge is 2.12. The minimum absolute atomic E-state index is 0. The third-order valence-electron chi connectivity index (χ3n) is 2.44. The Bertz CT molecular complexity index is 344. The van der Waals surface area contributed by atoms with E-state index in [-0.39, 0.29) is 12.4 Å². The maximum absolute atomic E-state index is 5.29. The van der Waals surface area contributed by atoms with E-state index in [0.29, 0.717) is 23.3 Å². The van der Waals surface area contributed by atoms with Crippen LogP contribution in [0.25, 0.3) is 0 Å². The first-order valence-corrected chi connectivity index (χ1v) is 5.64. The summed E-state index contributed by atoms with van der Waals surface area (Å²) in [6.45, 7) is 4.99. The number of benzene rings is 1. The molecule has 0 spiro atoms. The number of halogens is 1. The monoisotopic (exact) mass is 275 g/mol. The van der Waals surface area contributed by atoms with Crippen LogP contribution in [0, 0.1) is 0 Å². The summed E-state index contributed by atoms with van der Waals surface area (Å²) in [4.78, 5) is 0. The largest absolute Gasteiger partial charge is 0.493 e. The van der Waals surface area contributed by atoms with Gasteiger partial charge in [-0.15, -0.1) is 12.4 Å². The third-order valence-corrected chi connectivity index (χ3v) is 2.44. The van der Waals surface area contributed by atoms with Crippen LogP contribution in [0.15, 0.2) is 12.1 Å². The van der Waals surface area contributed by atoms with Crippen LogP contribution in [0.5, 0.6) is 17.2 Å². The summed E-state index contributed by atoms with van der Waals surface area (Å²) in [7, 11) is 4.85. The predicted octanol–water partition coefficient (Wildman–Crippen LogP) is 2.63. The van der Waals surface area contributed by atoms with Crippen LogP contribution in [0.2, 0.25) is 0 Å². The molecule has 0 bridgehead atoms. The van der Waals surface area contributed by atoms with Gasteiger partial charge in [0.1, 0.15) is 0 Å². The maximum atomic E-state index is 5.29. The Morgan fingerprint density at radius 3 is 1.83 bits per heavy atom. The first kappa shape index (κ1) is 16.9. The predicted molar refractivity (Wildman–Crippen MR) is 75.3 cm³/mol. The quantitative estimate of drug-likeness (QED) is 0.866. The van der Waals surface area contributed by atoms with E-state index in [4.69, 9.17) is 14.2 Å². The highest BCUT2D eigenvalue weighted by molar-refractivity contribution is 5.85. The Labute approximate surface area is 115 Å². The fourth-order valence-corrected chi connectivity index (χ4v) is 1.56. The lowest BCUT2D eigenvalue weighted by molar-refractivity contribution is 0.323. The lowest BCUT2D eigenvalue weighted by Crippen LogP contribution is -2.21. The Balaban J connectivity index is 0.00000289. The van der Waals surface area contributed by atoms with Gasteiger partial charge in [-0.1, -0.05) is 13.8 Å². The van der Waals surface area contributed by atoms with Crippen LogP contribution in [0.3, 0.4) is 0 Å². The van der Waals surface area contributed by atoms with Crippen LogP contribution in [-0.2, 0) is 6.54 Å². The summed E-state index contributed by atoms with van der Waals surface area (Å²) in [6.07, 6.45) is 0. The number of nitrogens with one attached hydrogen (secondary N) is 1. The van der Waals surface area contributed by atoms with Crippen LogP contribution in [-0.4, -0.2) is 27.4 Å². The maximum Gasteiger partial charge on any atom is 0.203 e. The molecule has 0 saturated heterocycles. The van der Waals surface area contributed by atoms with Gasteiger partial charge >= 0.3 is 0 Å². The average Bonchev–Trinajstić information content (AvgIpc) is 2.34. The van der Waals surface area contributed by atoms with Gasteiger partial charge in [-0.05, 0) is 17.7 Å². The molecule has 1 aromatic rings. The molecular weight excluding hydrogens is 254 g/mol. The molecule has 0 atom stereocenters. The topological polar surface area (TPSA) is 39.7 Å². The van der Waals surface area contributed by atoms with Gasteiger partial charge in [-0.2, -0.15) is 0 Å². The fraction of sp³-hybridized carbons (Fsp3) is 0.538. The van der Waals surface area contributed by atoms with Crippen molar-refractivity contribution in [2.24, 2.45) is 0 Å². The Kier molecular flexibility index (Phi) is 7.55. The van der Waals surface area contributed by atoms with Crippen molar-refractivity contribution in [2.75, 3.05) is 21.3 Å². The number of methoxy groups -OCH3 is 3. The molecule has 104 valence electrons. The van der Waals surface area contributed by atoms with Crippen molar-refractivity contribution in [1.82, 2.24) is 5.32 Å². The minimum Gasteiger partial charge on any atom is -0.493 e. The highest BCUT2D eigenvalue weighted by Crippen LogP contribution is 2.38. The molecule has 0 fully saturated rings. The van der Waals surface area contributed by atoms with Crippen molar-refractivity contribution in [3.05, 3.63) is 17.7 Å². The van der Waals surface area contributed by atoms with E-state index in [0.717, 1.165) is 12.1 Å². The zero-order chi connectivity index (χ0) is 12.8. The number of rotatable bonds is 6. The lowest BCUT2D eigenvalue weighted by Gasteiger charge is -2.15. The molecule has 18 heavy (non-hydrogen) atoms. The number of ether oxygens (including phenoxy) is 3. The van der Waals surface area contributed by atoms with Gasteiger partial charge in [-0.25, -0.2) is 0 Å². The number of hydrogen-bond acceptors (Lipinski definition) is 4. The van der Waals surface area contributed by atoms with Crippen LogP contribution >= 0.6 is 12.4 Å². The van der Waals surface area contributed by atoms with Crippen LogP contribution < -0.4 is 19.5 Å². The summed E-state index contributed by atoms with van der Waals surface area (Å²) in [6, 6.07) is 4.35. The molecule has 0 amide bonds. The van der Waals surface area contributed by atoms with Gasteiger partial charge < -0.3 is 19.5 Å². The zero-order valence-corrected chi connectivity index (χ0v) is 12.4. The second-order valence-electron chi connectivity index (χ2n) is 4.07. The summed E-state index contributed by atoms with van der Waals surface area (Å²) in [5.74, 6) is 2.00. The normalized spacial score (nSPS) is 9.89. The molecule has 0 radical (unpaired) electrons. The van der Waals surface area contributed by atoms with Gasteiger partial charge in [0.25, 0.3) is 0 Å². The smallest absolute Gasteiger partial charge is 0.203 e. The van der Waals surface area contributed by atoms with E-state index < -0.39 is 0 Å². The molecule has 0 saturated carbocycles. The molecule has 4 nitrogen and oxygen atoms in total. The molecule has 0 aliphatic rings. The second-order valence-corrected chi connectivity index (χ2v) is 4.07. The minimum atomic E-state index is 0. The van der Waals surface area contributed by atoms with Gasteiger partial charge in [-0.3, -0.25) is 0 Å². The van der Waals surface area contributed by atoms with Gasteiger partial charge in [0.2, 0.25) is 5.75 Å². The third kappa shape index (κ3) is 4.27. The van der Waals surface area contributed by atoms with Gasteiger partial charge in [0.15, 0.2) is 11.5 Å². The van der Waals surface area contributed by atoms with Crippen molar-refractivity contribution >= 4 is 12.4 Å². The lowest BCUT2D eigenvalue weighted by atomic mass is 10.1. The van der Waals surface area contributed by atoms with Crippen molar-refractivity contribution in [1.29, 1.82) is 0 Å². The summed E-state index contributed by atoms with van der Waals surface area (Å²) < 4.78 is 15.9. The Hall–Kier alpha value is -1.13. The van der Waals surface area contributed by atoms with Crippen LogP contribution in [0.1, 0.15) is 19.4 Å².